The van der Waals surface area contributed by atoms with Crippen LogP contribution in [0.5, 0.6) is 0 Å². The number of benzene rings is 2. The summed E-state index contributed by atoms with van der Waals surface area (Å²) in [5.74, 6) is -0.320. The summed E-state index contributed by atoms with van der Waals surface area (Å²) in [4.78, 5) is 26.2. The van der Waals surface area contributed by atoms with Gasteiger partial charge in [-0.2, -0.15) is 11.8 Å². The number of carbonyl (C=O) groups excluding carboxylic acids is 2. The van der Waals surface area contributed by atoms with Crippen LogP contribution in [-0.4, -0.2) is 30.9 Å². The quantitative estimate of drug-likeness (QED) is 0.465. The average molecular weight is 486 g/mol. The number of allylic oxidation sites excluding steroid dienone is 1. The van der Waals surface area contributed by atoms with Gasteiger partial charge < -0.3 is 14.8 Å². The SMILES string of the molecule is CCOC(=O)C1=C(C)NC(CSCc2ccccc2)=C(C(=O)OCC)C1c1ccccc1Cl. The molecule has 2 aromatic carbocycles. The number of carbonyl (C=O) groups is 2. The van der Waals surface area contributed by atoms with Gasteiger partial charge in [0, 0.05) is 27.9 Å². The van der Waals surface area contributed by atoms with Crippen molar-refractivity contribution in [2.45, 2.75) is 32.4 Å². The number of rotatable bonds is 9. The van der Waals surface area contributed by atoms with Crippen molar-refractivity contribution in [3.05, 3.63) is 93.3 Å². The number of halogens is 1. The zero-order valence-corrected chi connectivity index (χ0v) is 20.6. The van der Waals surface area contributed by atoms with Crippen molar-refractivity contribution in [1.29, 1.82) is 0 Å². The van der Waals surface area contributed by atoms with Gasteiger partial charge in [-0.05, 0) is 38.0 Å². The van der Waals surface area contributed by atoms with Crippen molar-refractivity contribution in [2.75, 3.05) is 19.0 Å². The first-order valence-corrected chi connectivity index (χ1v) is 12.4. The highest BCUT2D eigenvalue weighted by Crippen LogP contribution is 2.42. The van der Waals surface area contributed by atoms with E-state index in [-0.39, 0.29) is 13.2 Å². The number of dihydropyridines is 1. The molecule has 5 nitrogen and oxygen atoms in total. The van der Waals surface area contributed by atoms with Crippen molar-refractivity contribution < 1.29 is 19.1 Å². The Balaban J connectivity index is 2.06. The largest absolute Gasteiger partial charge is 0.463 e. The zero-order valence-electron chi connectivity index (χ0n) is 19.0. The van der Waals surface area contributed by atoms with E-state index in [1.165, 1.54) is 5.56 Å². The highest BCUT2D eigenvalue weighted by atomic mass is 35.5. The van der Waals surface area contributed by atoms with Crippen molar-refractivity contribution in [3.63, 3.8) is 0 Å². The number of ether oxygens (including phenoxy) is 2. The predicted octanol–water partition coefficient (Wildman–Crippen LogP) is 5.61. The maximum atomic E-state index is 13.2. The third-order valence-electron chi connectivity index (χ3n) is 5.21. The van der Waals surface area contributed by atoms with Crippen LogP contribution in [0.4, 0.5) is 0 Å². The summed E-state index contributed by atoms with van der Waals surface area (Å²) in [7, 11) is 0. The molecule has 1 unspecified atom stereocenters. The van der Waals surface area contributed by atoms with Gasteiger partial charge in [-0.15, -0.1) is 0 Å². The lowest BCUT2D eigenvalue weighted by Gasteiger charge is -2.32. The van der Waals surface area contributed by atoms with Gasteiger partial charge in [-0.1, -0.05) is 60.1 Å². The molecule has 0 saturated heterocycles. The smallest absolute Gasteiger partial charge is 0.336 e. The maximum absolute atomic E-state index is 13.2. The van der Waals surface area contributed by atoms with E-state index >= 15 is 0 Å². The summed E-state index contributed by atoms with van der Waals surface area (Å²) in [5.41, 5.74) is 3.96. The lowest BCUT2D eigenvalue weighted by atomic mass is 9.80. The first-order valence-electron chi connectivity index (χ1n) is 10.9. The van der Waals surface area contributed by atoms with Crippen LogP contribution in [0.25, 0.3) is 0 Å². The fourth-order valence-electron chi connectivity index (χ4n) is 3.80. The lowest BCUT2D eigenvalue weighted by molar-refractivity contribution is -0.139. The molecule has 0 radical (unpaired) electrons. The minimum Gasteiger partial charge on any atom is -0.463 e. The normalized spacial score (nSPS) is 15.8. The molecule has 0 fully saturated rings. The minimum absolute atomic E-state index is 0.222. The van der Waals surface area contributed by atoms with Crippen LogP contribution in [0.15, 0.2) is 77.1 Å². The molecule has 0 amide bonds. The van der Waals surface area contributed by atoms with Gasteiger partial charge in [0.15, 0.2) is 0 Å². The molecule has 174 valence electrons. The van der Waals surface area contributed by atoms with Crippen LogP contribution >= 0.6 is 23.4 Å². The molecular formula is C26H28ClNO4S. The van der Waals surface area contributed by atoms with Crippen molar-refractivity contribution in [3.8, 4) is 0 Å². The molecule has 1 N–H and O–H groups in total. The molecule has 1 aliphatic heterocycles. The first kappa shape index (κ1) is 24.9. The first-order chi connectivity index (χ1) is 16.0. The van der Waals surface area contributed by atoms with Crippen LogP contribution in [0, 0.1) is 0 Å². The molecule has 1 heterocycles. The van der Waals surface area contributed by atoms with Crippen molar-refractivity contribution >= 4 is 35.3 Å². The monoisotopic (exact) mass is 485 g/mol. The molecular weight excluding hydrogens is 458 g/mol. The molecule has 0 aromatic heterocycles. The fourth-order valence-corrected chi connectivity index (χ4v) is 5.01. The Morgan fingerprint density at radius 2 is 1.52 bits per heavy atom. The Bertz CT molecular complexity index is 1060. The summed E-state index contributed by atoms with van der Waals surface area (Å²) < 4.78 is 10.8. The average Bonchev–Trinajstić information content (AvgIpc) is 2.80. The fraction of sp³-hybridized carbons (Fsp3) is 0.308. The molecule has 7 heteroatoms. The Labute approximate surface area is 204 Å². The Hall–Kier alpha value is -2.70. The van der Waals surface area contributed by atoms with Crippen molar-refractivity contribution in [1.82, 2.24) is 5.32 Å². The van der Waals surface area contributed by atoms with Crippen molar-refractivity contribution in [2.24, 2.45) is 0 Å². The van der Waals surface area contributed by atoms with E-state index in [4.69, 9.17) is 21.1 Å². The highest BCUT2D eigenvalue weighted by molar-refractivity contribution is 7.98. The number of thioether (sulfide) groups is 1. The molecule has 3 rings (SSSR count). The summed E-state index contributed by atoms with van der Waals surface area (Å²) >= 11 is 8.23. The Morgan fingerprint density at radius 3 is 2.15 bits per heavy atom. The summed E-state index contributed by atoms with van der Waals surface area (Å²) in [6.07, 6.45) is 0. The van der Waals surface area contributed by atoms with E-state index in [1.807, 2.05) is 43.3 Å². The van der Waals surface area contributed by atoms with Crippen LogP contribution in [0.2, 0.25) is 5.02 Å². The third-order valence-corrected chi connectivity index (χ3v) is 6.58. The summed E-state index contributed by atoms with van der Waals surface area (Å²) in [6, 6.07) is 17.4. The van der Waals surface area contributed by atoms with Gasteiger partial charge in [-0.25, -0.2) is 9.59 Å². The molecule has 0 spiro atoms. The molecule has 33 heavy (non-hydrogen) atoms. The Kier molecular flexibility index (Phi) is 9.03. The van der Waals surface area contributed by atoms with E-state index in [0.717, 1.165) is 5.75 Å². The standard InChI is InChI=1S/C26H28ClNO4S/c1-4-31-25(29)22-17(3)28-21(16-33-15-18-11-7-6-8-12-18)24(26(30)32-5-2)23(22)19-13-9-10-14-20(19)27/h6-14,23,28H,4-5,15-16H2,1-3H3. The minimum atomic E-state index is -0.689. The van der Waals surface area contributed by atoms with E-state index in [0.29, 0.717) is 38.9 Å². The molecule has 0 bridgehead atoms. The number of hydrogen-bond acceptors (Lipinski definition) is 6. The molecule has 0 aliphatic carbocycles. The molecule has 2 aromatic rings. The van der Waals surface area contributed by atoms with Gasteiger partial charge in [0.05, 0.1) is 30.3 Å². The second kappa shape index (κ2) is 12.0. The zero-order chi connectivity index (χ0) is 23.8. The van der Waals surface area contributed by atoms with E-state index < -0.39 is 17.9 Å². The highest BCUT2D eigenvalue weighted by Gasteiger charge is 2.39. The number of esters is 2. The van der Waals surface area contributed by atoms with Crippen LogP contribution in [0.3, 0.4) is 0 Å². The van der Waals surface area contributed by atoms with E-state index in [2.05, 4.69) is 17.4 Å². The van der Waals surface area contributed by atoms with Crippen LogP contribution < -0.4 is 5.32 Å². The lowest BCUT2D eigenvalue weighted by Crippen LogP contribution is -2.34. The van der Waals surface area contributed by atoms with E-state index in [1.54, 1.807) is 31.7 Å². The number of hydrogen-bond donors (Lipinski definition) is 1. The molecule has 1 aliphatic rings. The van der Waals surface area contributed by atoms with E-state index in [9.17, 15) is 9.59 Å². The summed E-state index contributed by atoms with van der Waals surface area (Å²) in [6.45, 7) is 5.78. The maximum Gasteiger partial charge on any atom is 0.336 e. The number of nitrogens with one attached hydrogen (secondary N) is 1. The third kappa shape index (κ3) is 6.01. The topological polar surface area (TPSA) is 64.6 Å². The van der Waals surface area contributed by atoms with Gasteiger partial charge in [0.2, 0.25) is 0 Å². The van der Waals surface area contributed by atoms with Crippen LogP contribution in [0.1, 0.15) is 37.8 Å². The molecule has 0 saturated carbocycles. The Morgan fingerprint density at radius 1 is 0.909 bits per heavy atom. The second-order valence-corrected chi connectivity index (χ2v) is 8.82. The van der Waals surface area contributed by atoms with Gasteiger partial charge in [0.25, 0.3) is 0 Å². The second-order valence-electron chi connectivity index (χ2n) is 7.43. The predicted molar refractivity (Wildman–Crippen MR) is 133 cm³/mol. The van der Waals surface area contributed by atoms with Crippen LogP contribution in [-0.2, 0) is 24.8 Å². The summed E-state index contributed by atoms with van der Waals surface area (Å²) in [5, 5.41) is 3.76. The van der Waals surface area contributed by atoms with Gasteiger partial charge in [-0.3, -0.25) is 0 Å². The van der Waals surface area contributed by atoms with Gasteiger partial charge in [0.1, 0.15) is 0 Å². The van der Waals surface area contributed by atoms with Gasteiger partial charge >= 0.3 is 11.9 Å². The molecule has 1 atom stereocenters.